The summed E-state index contributed by atoms with van der Waals surface area (Å²) in [7, 11) is 0. The van der Waals surface area contributed by atoms with Crippen LogP contribution in [0.4, 0.5) is 23.1 Å². The van der Waals surface area contributed by atoms with E-state index in [1.165, 1.54) is 18.5 Å². The molecule has 2 fully saturated rings. The van der Waals surface area contributed by atoms with E-state index in [-0.39, 0.29) is 5.91 Å². The number of fused-ring (bicyclic) bond motifs is 1. The Bertz CT molecular complexity index is 891. The largest absolute Gasteiger partial charge is 0.378 e. The van der Waals surface area contributed by atoms with Crippen molar-refractivity contribution in [2.75, 3.05) is 48.0 Å². The van der Waals surface area contributed by atoms with Crippen LogP contribution in [0.15, 0.2) is 30.5 Å². The van der Waals surface area contributed by atoms with E-state index in [2.05, 4.69) is 49.7 Å². The van der Waals surface area contributed by atoms with Gasteiger partial charge in [-0.25, -0.2) is 4.98 Å². The summed E-state index contributed by atoms with van der Waals surface area (Å²) in [6.07, 6.45) is 6.49. The molecule has 3 aliphatic rings. The third-order valence-electron chi connectivity index (χ3n) is 6.17. The molecular formula is C22H28N6O2. The quantitative estimate of drug-likeness (QED) is 0.804. The predicted molar refractivity (Wildman–Crippen MR) is 116 cm³/mol. The fourth-order valence-electron chi connectivity index (χ4n) is 4.53. The smallest absolute Gasteiger partial charge is 0.239 e. The second-order valence-electron chi connectivity index (χ2n) is 8.16. The average Bonchev–Trinajstić information content (AvgIpc) is 3.27. The summed E-state index contributed by atoms with van der Waals surface area (Å²) >= 11 is 0. The Labute approximate surface area is 176 Å². The summed E-state index contributed by atoms with van der Waals surface area (Å²) in [5.74, 6) is 1.49. The maximum absolute atomic E-state index is 12.2. The minimum Gasteiger partial charge on any atom is -0.378 e. The topological polar surface area (TPSA) is 82.6 Å². The lowest BCUT2D eigenvalue weighted by Crippen LogP contribution is -2.40. The molecule has 5 rings (SSSR count). The standard InChI is InChI=1S/C22H28N6O2/c29-20-15-28(19-3-1-2-4-19)21-16(13-23-20)14-24-22(26-21)25-17-5-7-18(8-6-17)27-9-11-30-12-10-27/h5-8,14,19H,1-4,9-13,15H2,(H,23,29)(H,24,25,26). The summed E-state index contributed by atoms with van der Waals surface area (Å²) in [6, 6.07) is 8.72. The molecular weight excluding hydrogens is 380 g/mol. The first kappa shape index (κ1) is 19.1. The summed E-state index contributed by atoms with van der Waals surface area (Å²) in [4.78, 5) is 26.1. The van der Waals surface area contributed by atoms with Crippen LogP contribution in [0.1, 0.15) is 31.2 Å². The number of ether oxygens (including phenoxy) is 1. The van der Waals surface area contributed by atoms with Crippen LogP contribution in [0.3, 0.4) is 0 Å². The molecule has 1 saturated heterocycles. The molecule has 0 radical (unpaired) electrons. The molecule has 8 heteroatoms. The molecule has 1 aromatic heterocycles. The summed E-state index contributed by atoms with van der Waals surface area (Å²) in [5, 5.41) is 6.30. The van der Waals surface area contributed by atoms with Gasteiger partial charge in [0.15, 0.2) is 0 Å². The van der Waals surface area contributed by atoms with Crippen LogP contribution in [-0.2, 0) is 16.1 Å². The Balaban J connectivity index is 1.35. The molecule has 1 aliphatic carbocycles. The van der Waals surface area contributed by atoms with Crippen molar-refractivity contribution in [3.05, 3.63) is 36.0 Å². The van der Waals surface area contributed by atoms with Crippen molar-refractivity contribution >= 4 is 29.0 Å². The number of hydrogen-bond donors (Lipinski definition) is 2. The lowest BCUT2D eigenvalue weighted by atomic mass is 10.2. The highest BCUT2D eigenvalue weighted by molar-refractivity contribution is 5.83. The van der Waals surface area contributed by atoms with Gasteiger partial charge in [0.05, 0.1) is 19.8 Å². The van der Waals surface area contributed by atoms with Crippen molar-refractivity contribution in [3.8, 4) is 0 Å². The molecule has 0 unspecified atom stereocenters. The number of amides is 1. The molecule has 2 aliphatic heterocycles. The van der Waals surface area contributed by atoms with Gasteiger partial charge in [-0.05, 0) is 37.1 Å². The number of anilines is 4. The van der Waals surface area contributed by atoms with Crippen molar-refractivity contribution in [1.29, 1.82) is 0 Å². The Morgan fingerprint density at radius 3 is 2.63 bits per heavy atom. The SMILES string of the molecule is O=C1CN(C2CCCC2)c2nc(Nc3ccc(N4CCOCC4)cc3)ncc2CN1. The van der Waals surface area contributed by atoms with Gasteiger partial charge in [-0.2, -0.15) is 4.98 Å². The van der Waals surface area contributed by atoms with Crippen LogP contribution in [0, 0.1) is 0 Å². The van der Waals surface area contributed by atoms with E-state index in [1.54, 1.807) is 0 Å². The van der Waals surface area contributed by atoms with Crippen LogP contribution in [0.25, 0.3) is 0 Å². The molecule has 0 bridgehead atoms. The third kappa shape index (κ3) is 4.05. The molecule has 1 aromatic carbocycles. The number of carbonyl (C=O) groups is 1. The van der Waals surface area contributed by atoms with Gasteiger partial charge in [0.1, 0.15) is 5.82 Å². The second-order valence-corrected chi connectivity index (χ2v) is 8.16. The summed E-state index contributed by atoms with van der Waals surface area (Å²) < 4.78 is 5.43. The number of carbonyl (C=O) groups excluding carboxylic acids is 1. The van der Waals surface area contributed by atoms with E-state index >= 15 is 0 Å². The minimum atomic E-state index is 0.0492. The van der Waals surface area contributed by atoms with Gasteiger partial charge in [0, 0.05) is 48.8 Å². The zero-order chi connectivity index (χ0) is 20.3. The maximum Gasteiger partial charge on any atom is 0.239 e. The lowest BCUT2D eigenvalue weighted by molar-refractivity contribution is -0.119. The van der Waals surface area contributed by atoms with Crippen molar-refractivity contribution in [2.45, 2.75) is 38.3 Å². The fourth-order valence-corrected chi connectivity index (χ4v) is 4.53. The number of nitrogens with zero attached hydrogens (tertiary/aromatic N) is 4. The molecule has 2 N–H and O–H groups in total. The zero-order valence-corrected chi connectivity index (χ0v) is 17.1. The number of nitrogens with one attached hydrogen (secondary N) is 2. The Morgan fingerprint density at radius 1 is 1.10 bits per heavy atom. The van der Waals surface area contributed by atoms with Gasteiger partial charge in [-0.15, -0.1) is 0 Å². The Hall–Kier alpha value is -2.87. The minimum absolute atomic E-state index is 0.0492. The molecule has 158 valence electrons. The fraction of sp³-hybridized carbons (Fsp3) is 0.500. The molecule has 0 atom stereocenters. The number of aromatic nitrogens is 2. The van der Waals surface area contributed by atoms with E-state index in [0.29, 0.717) is 25.1 Å². The van der Waals surface area contributed by atoms with Gasteiger partial charge < -0.3 is 25.2 Å². The Kier molecular flexibility index (Phi) is 5.40. The van der Waals surface area contributed by atoms with Gasteiger partial charge in [-0.3, -0.25) is 4.79 Å². The predicted octanol–water partition coefficient (Wildman–Crippen LogP) is 2.44. The molecule has 2 aromatic rings. The van der Waals surface area contributed by atoms with Crippen molar-refractivity contribution in [1.82, 2.24) is 15.3 Å². The lowest BCUT2D eigenvalue weighted by Gasteiger charge is -2.29. The van der Waals surface area contributed by atoms with Crippen LogP contribution in [0.5, 0.6) is 0 Å². The highest BCUT2D eigenvalue weighted by Crippen LogP contribution is 2.31. The maximum atomic E-state index is 12.2. The van der Waals surface area contributed by atoms with Gasteiger partial charge in [0.2, 0.25) is 11.9 Å². The van der Waals surface area contributed by atoms with E-state index in [1.807, 2.05) is 6.20 Å². The average molecular weight is 409 g/mol. The van der Waals surface area contributed by atoms with Crippen molar-refractivity contribution in [3.63, 3.8) is 0 Å². The number of benzene rings is 1. The summed E-state index contributed by atoms with van der Waals surface area (Å²) in [6.45, 7) is 4.23. The van der Waals surface area contributed by atoms with Gasteiger partial charge in [0.25, 0.3) is 0 Å². The van der Waals surface area contributed by atoms with Gasteiger partial charge >= 0.3 is 0 Å². The van der Waals surface area contributed by atoms with Crippen LogP contribution < -0.4 is 20.4 Å². The van der Waals surface area contributed by atoms with Crippen LogP contribution >= 0.6 is 0 Å². The van der Waals surface area contributed by atoms with E-state index in [4.69, 9.17) is 9.72 Å². The summed E-state index contributed by atoms with van der Waals surface area (Å²) in [5.41, 5.74) is 3.12. The number of morpholine rings is 1. The number of rotatable bonds is 4. The van der Waals surface area contributed by atoms with Gasteiger partial charge in [-0.1, -0.05) is 12.8 Å². The molecule has 1 amide bonds. The van der Waals surface area contributed by atoms with E-state index in [0.717, 1.165) is 56.2 Å². The molecule has 8 nitrogen and oxygen atoms in total. The van der Waals surface area contributed by atoms with E-state index < -0.39 is 0 Å². The van der Waals surface area contributed by atoms with E-state index in [9.17, 15) is 4.79 Å². The highest BCUT2D eigenvalue weighted by atomic mass is 16.5. The first-order valence-electron chi connectivity index (χ1n) is 10.9. The first-order valence-corrected chi connectivity index (χ1v) is 10.9. The third-order valence-corrected chi connectivity index (χ3v) is 6.17. The highest BCUT2D eigenvalue weighted by Gasteiger charge is 2.29. The second kappa shape index (κ2) is 8.47. The first-order chi connectivity index (χ1) is 14.8. The van der Waals surface area contributed by atoms with Crippen LogP contribution in [0.2, 0.25) is 0 Å². The van der Waals surface area contributed by atoms with Crippen molar-refractivity contribution < 1.29 is 9.53 Å². The van der Waals surface area contributed by atoms with Crippen LogP contribution in [-0.4, -0.2) is 54.8 Å². The number of hydrogen-bond acceptors (Lipinski definition) is 7. The zero-order valence-electron chi connectivity index (χ0n) is 17.1. The molecule has 0 spiro atoms. The van der Waals surface area contributed by atoms with Crippen molar-refractivity contribution in [2.24, 2.45) is 0 Å². The molecule has 30 heavy (non-hydrogen) atoms. The molecule has 1 saturated carbocycles. The molecule has 3 heterocycles. The normalized spacial score (nSPS) is 19.9. The monoisotopic (exact) mass is 408 g/mol. The Morgan fingerprint density at radius 2 is 1.87 bits per heavy atom.